The van der Waals surface area contributed by atoms with Gasteiger partial charge in [-0.15, -0.1) is 0 Å². The molecule has 0 aliphatic heterocycles. The normalized spacial score (nSPS) is 14.9. The molecule has 0 saturated heterocycles. The van der Waals surface area contributed by atoms with Crippen LogP contribution < -0.4 is 4.90 Å². The third-order valence-corrected chi connectivity index (χ3v) is 5.09. The quantitative estimate of drug-likeness (QED) is 0.341. The van der Waals surface area contributed by atoms with E-state index in [9.17, 15) is 14.7 Å². The Bertz CT molecular complexity index is 1160. The number of hydrogen-bond acceptors (Lipinski definition) is 8. The zero-order valence-corrected chi connectivity index (χ0v) is 18.5. The second kappa shape index (κ2) is 8.33. The fraction of sp³-hybridized carbons (Fsp3) is 0.391. The number of carbonyl (C=O) groups is 2. The Morgan fingerprint density at radius 3 is 2.69 bits per heavy atom. The smallest absolute Gasteiger partial charge is 0.337 e. The van der Waals surface area contributed by atoms with Gasteiger partial charge in [0.2, 0.25) is 6.41 Å². The second-order valence-electron chi connectivity index (χ2n) is 8.72. The van der Waals surface area contributed by atoms with Gasteiger partial charge in [0, 0.05) is 17.7 Å². The lowest BCUT2D eigenvalue weighted by Crippen LogP contribution is -2.44. The Balaban J connectivity index is 1.88. The van der Waals surface area contributed by atoms with Crippen LogP contribution >= 0.6 is 0 Å². The van der Waals surface area contributed by atoms with Crippen molar-refractivity contribution in [3.63, 3.8) is 0 Å². The lowest BCUT2D eigenvalue weighted by atomic mass is 10.1. The SMILES string of the molecule is COC(=O)c1cccc(-c2cc(N(C3CC3)C(O)OC(C)(C)C)n3ncc(C=O)c3n2)c1. The predicted octanol–water partition coefficient (Wildman–Crippen LogP) is 3.06. The average molecular weight is 438 g/mol. The summed E-state index contributed by atoms with van der Waals surface area (Å²) in [6.07, 6.45) is 2.70. The summed E-state index contributed by atoms with van der Waals surface area (Å²) in [7, 11) is 1.32. The van der Waals surface area contributed by atoms with E-state index in [0.717, 1.165) is 12.8 Å². The Morgan fingerprint density at radius 2 is 2.06 bits per heavy atom. The molecule has 9 nitrogen and oxygen atoms in total. The van der Waals surface area contributed by atoms with Crippen molar-refractivity contribution in [1.82, 2.24) is 14.6 Å². The summed E-state index contributed by atoms with van der Waals surface area (Å²) in [5, 5.41) is 15.3. The molecule has 0 spiro atoms. The first kappa shape index (κ1) is 21.9. The zero-order chi connectivity index (χ0) is 23.0. The van der Waals surface area contributed by atoms with E-state index < -0.39 is 18.0 Å². The van der Waals surface area contributed by atoms with E-state index in [-0.39, 0.29) is 6.04 Å². The van der Waals surface area contributed by atoms with Crippen LogP contribution in [-0.2, 0) is 9.47 Å². The van der Waals surface area contributed by atoms with Crippen LogP contribution in [0.25, 0.3) is 16.9 Å². The Labute approximate surface area is 185 Å². The summed E-state index contributed by atoms with van der Waals surface area (Å²) >= 11 is 0. The van der Waals surface area contributed by atoms with Crippen molar-refractivity contribution >= 4 is 23.7 Å². The lowest BCUT2D eigenvalue weighted by molar-refractivity contribution is -0.166. The Hall–Kier alpha value is -3.30. The van der Waals surface area contributed by atoms with Crippen LogP contribution in [0, 0.1) is 0 Å². The summed E-state index contributed by atoms with van der Waals surface area (Å²) in [6, 6.07) is 8.72. The molecule has 1 saturated carbocycles. The number of aliphatic hydroxyl groups is 1. The van der Waals surface area contributed by atoms with Gasteiger partial charge in [0.25, 0.3) is 0 Å². The van der Waals surface area contributed by atoms with E-state index in [2.05, 4.69) is 10.1 Å². The maximum atomic E-state index is 12.0. The molecule has 32 heavy (non-hydrogen) atoms. The number of anilines is 1. The number of aldehydes is 1. The Morgan fingerprint density at radius 1 is 1.31 bits per heavy atom. The molecule has 2 aromatic heterocycles. The maximum absolute atomic E-state index is 12.0. The average Bonchev–Trinajstić information content (AvgIpc) is 3.49. The summed E-state index contributed by atoms with van der Waals surface area (Å²) < 4.78 is 12.2. The van der Waals surface area contributed by atoms with Gasteiger partial charge in [-0.1, -0.05) is 12.1 Å². The number of hydrogen-bond donors (Lipinski definition) is 1. The van der Waals surface area contributed by atoms with Gasteiger partial charge in [0.1, 0.15) is 5.82 Å². The van der Waals surface area contributed by atoms with Crippen molar-refractivity contribution in [3.8, 4) is 11.3 Å². The van der Waals surface area contributed by atoms with Crippen LogP contribution in [0.3, 0.4) is 0 Å². The van der Waals surface area contributed by atoms with Crippen molar-refractivity contribution in [1.29, 1.82) is 0 Å². The third kappa shape index (κ3) is 4.35. The fourth-order valence-corrected chi connectivity index (χ4v) is 3.51. The summed E-state index contributed by atoms with van der Waals surface area (Å²) in [6.45, 7) is 5.60. The first-order valence-corrected chi connectivity index (χ1v) is 10.4. The van der Waals surface area contributed by atoms with Crippen LogP contribution in [0.15, 0.2) is 36.5 Å². The first-order valence-electron chi connectivity index (χ1n) is 10.4. The molecule has 1 aromatic carbocycles. The molecule has 0 amide bonds. The highest BCUT2D eigenvalue weighted by Crippen LogP contribution is 2.36. The number of fused-ring (bicyclic) bond motifs is 1. The molecule has 1 aliphatic carbocycles. The fourth-order valence-electron chi connectivity index (χ4n) is 3.51. The minimum atomic E-state index is -1.22. The van der Waals surface area contributed by atoms with Crippen molar-refractivity contribution in [2.24, 2.45) is 0 Å². The predicted molar refractivity (Wildman–Crippen MR) is 117 cm³/mol. The van der Waals surface area contributed by atoms with Crippen molar-refractivity contribution in [3.05, 3.63) is 47.7 Å². The van der Waals surface area contributed by atoms with E-state index in [4.69, 9.17) is 9.47 Å². The Kier molecular flexibility index (Phi) is 5.70. The van der Waals surface area contributed by atoms with Gasteiger partial charge in [-0.3, -0.25) is 4.79 Å². The van der Waals surface area contributed by atoms with Crippen molar-refractivity contribution < 1.29 is 24.2 Å². The van der Waals surface area contributed by atoms with E-state index in [1.54, 1.807) is 29.2 Å². The van der Waals surface area contributed by atoms with Gasteiger partial charge in [0.05, 0.1) is 35.7 Å². The largest absolute Gasteiger partial charge is 0.465 e. The van der Waals surface area contributed by atoms with Gasteiger partial charge in [-0.2, -0.15) is 9.61 Å². The van der Waals surface area contributed by atoms with Crippen LogP contribution in [0.5, 0.6) is 0 Å². The molecular weight excluding hydrogens is 412 g/mol. The number of methoxy groups -OCH3 is 1. The molecule has 1 fully saturated rings. The molecule has 3 aromatic rings. The molecule has 9 heteroatoms. The molecule has 168 valence electrons. The first-order chi connectivity index (χ1) is 15.2. The van der Waals surface area contributed by atoms with Crippen molar-refractivity contribution in [2.45, 2.75) is 51.7 Å². The zero-order valence-electron chi connectivity index (χ0n) is 18.5. The van der Waals surface area contributed by atoms with E-state index in [0.29, 0.717) is 40.1 Å². The van der Waals surface area contributed by atoms with Crippen LogP contribution in [0.2, 0.25) is 0 Å². The third-order valence-electron chi connectivity index (χ3n) is 5.09. The van der Waals surface area contributed by atoms with E-state index >= 15 is 0 Å². The minimum absolute atomic E-state index is 0.0658. The molecule has 1 unspecified atom stereocenters. The molecule has 0 bridgehead atoms. The number of benzene rings is 1. The number of aliphatic hydroxyl groups excluding tert-OH is 1. The highest BCUT2D eigenvalue weighted by atomic mass is 16.6. The number of nitrogens with zero attached hydrogens (tertiary/aromatic N) is 4. The van der Waals surface area contributed by atoms with Gasteiger partial charge in [-0.05, 0) is 45.7 Å². The molecule has 1 aliphatic rings. The minimum Gasteiger partial charge on any atom is -0.465 e. The lowest BCUT2D eigenvalue weighted by Gasteiger charge is -2.34. The highest BCUT2D eigenvalue weighted by Gasteiger charge is 2.37. The van der Waals surface area contributed by atoms with Gasteiger partial charge in [0.15, 0.2) is 11.9 Å². The maximum Gasteiger partial charge on any atom is 0.337 e. The van der Waals surface area contributed by atoms with Gasteiger partial charge >= 0.3 is 5.97 Å². The summed E-state index contributed by atoms with van der Waals surface area (Å²) in [5.41, 5.74) is 1.66. The van der Waals surface area contributed by atoms with Crippen LogP contribution in [0.1, 0.15) is 54.3 Å². The molecule has 2 heterocycles. The highest BCUT2D eigenvalue weighted by molar-refractivity contribution is 5.91. The van der Waals surface area contributed by atoms with E-state index in [1.807, 2.05) is 26.8 Å². The van der Waals surface area contributed by atoms with Crippen molar-refractivity contribution in [2.75, 3.05) is 12.0 Å². The molecule has 4 rings (SSSR count). The standard InChI is InChI=1S/C23H26N4O5/c1-23(2,3)32-22(30)26(17-8-9-17)19-11-18(25-20-16(13-28)12-24-27(19)20)14-6-5-7-15(10-14)21(29)31-4/h5-7,10-13,17,22,30H,8-9H2,1-4H3. The summed E-state index contributed by atoms with van der Waals surface area (Å²) in [4.78, 5) is 30.0. The van der Waals surface area contributed by atoms with Crippen LogP contribution in [0.4, 0.5) is 5.82 Å². The second-order valence-corrected chi connectivity index (χ2v) is 8.72. The number of rotatable bonds is 7. The topological polar surface area (TPSA) is 106 Å². The van der Waals surface area contributed by atoms with Gasteiger partial charge in [-0.25, -0.2) is 9.78 Å². The molecule has 0 radical (unpaired) electrons. The molecule has 1 atom stereocenters. The summed E-state index contributed by atoms with van der Waals surface area (Å²) in [5.74, 6) is 0.0838. The van der Waals surface area contributed by atoms with E-state index in [1.165, 1.54) is 17.8 Å². The number of carbonyl (C=O) groups excluding carboxylic acids is 2. The molecule has 1 N–H and O–H groups in total. The monoisotopic (exact) mass is 438 g/mol. The number of esters is 1. The number of aromatic nitrogens is 3. The van der Waals surface area contributed by atoms with Crippen LogP contribution in [-0.4, -0.2) is 57.1 Å². The number of ether oxygens (including phenoxy) is 2. The van der Waals surface area contributed by atoms with Gasteiger partial charge < -0.3 is 19.5 Å². The molecular formula is C23H26N4O5.